The number of carbonyl (C=O) groups excluding carboxylic acids is 2. The first kappa shape index (κ1) is 29.0. The van der Waals surface area contributed by atoms with Gasteiger partial charge in [0.2, 0.25) is 5.91 Å². The number of hydrogen-bond donors (Lipinski definition) is 2. The van der Waals surface area contributed by atoms with Gasteiger partial charge in [0, 0.05) is 59.2 Å². The van der Waals surface area contributed by atoms with E-state index in [-0.39, 0.29) is 23.6 Å². The topological polar surface area (TPSA) is 105 Å². The van der Waals surface area contributed by atoms with Crippen LogP contribution in [0.25, 0.3) is 0 Å². The number of halogens is 2. The van der Waals surface area contributed by atoms with Gasteiger partial charge in [0.25, 0.3) is 0 Å². The zero-order chi connectivity index (χ0) is 28.1. The van der Waals surface area contributed by atoms with E-state index in [2.05, 4.69) is 19.9 Å². The van der Waals surface area contributed by atoms with E-state index < -0.39 is 17.8 Å². The molecular formula is C27H31ClFN5O4S2. The summed E-state index contributed by atoms with van der Waals surface area (Å²) in [6.07, 6.45) is 4.87. The van der Waals surface area contributed by atoms with Crippen molar-refractivity contribution >= 4 is 52.6 Å². The molecule has 13 heteroatoms. The molecule has 1 saturated carbocycles. The molecule has 1 aliphatic carbocycles. The highest BCUT2D eigenvalue weighted by Gasteiger charge is 2.35. The van der Waals surface area contributed by atoms with Crippen molar-refractivity contribution in [2.75, 3.05) is 32.8 Å². The summed E-state index contributed by atoms with van der Waals surface area (Å²) in [5, 5.41) is 6.55. The van der Waals surface area contributed by atoms with Crippen LogP contribution < -0.4 is 10.0 Å². The van der Waals surface area contributed by atoms with Crippen LogP contribution in [0.1, 0.15) is 49.2 Å². The van der Waals surface area contributed by atoms with Crippen LogP contribution in [-0.2, 0) is 19.1 Å². The Balaban J connectivity index is 1.38. The average molecular weight is 608 g/mol. The highest BCUT2D eigenvalue weighted by atomic mass is 35.5. The lowest BCUT2D eigenvalue weighted by molar-refractivity contribution is -0.139. The van der Waals surface area contributed by atoms with Crippen LogP contribution in [0, 0.1) is 5.82 Å². The highest BCUT2D eigenvalue weighted by molar-refractivity contribution is 7.98. The maximum absolute atomic E-state index is 13.9. The molecule has 1 amide bonds. The molecule has 1 aromatic heterocycles. The molecule has 214 valence electrons. The van der Waals surface area contributed by atoms with E-state index in [4.69, 9.17) is 26.1 Å². The number of thiazole rings is 1. The Morgan fingerprint density at radius 1 is 1.38 bits per heavy atom. The van der Waals surface area contributed by atoms with Crippen molar-refractivity contribution in [2.45, 2.75) is 50.0 Å². The monoisotopic (exact) mass is 607 g/mol. The maximum Gasteiger partial charge on any atom is 0.338 e. The average Bonchev–Trinajstić information content (AvgIpc) is 3.60. The van der Waals surface area contributed by atoms with Crippen LogP contribution in [0.5, 0.6) is 0 Å². The van der Waals surface area contributed by atoms with Crippen molar-refractivity contribution in [3.63, 3.8) is 0 Å². The zero-order valence-electron chi connectivity index (χ0n) is 22.0. The summed E-state index contributed by atoms with van der Waals surface area (Å²) in [5.74, 6) is -0.486. The minimum atomic E-state index is -0.813. The number of benzene rings is 1. The zero-order valence-corrected chi connectivity index (χ0v) is 24.4. The maximum atomic E-state index is 13.9. The molecule has 0 spiro atoms. The van der Waals surface area contributed by atoms with Gasteiger partial charge in [0.05, 0.1) is 24.9 Å². The summed E-state index contributed by atoms with van der Waals surface area (Å²) >= 11 is 9.39. The van der Waals surface area contributed by atoms with E-state index in [1.54, 1.807) is 19.2 Å². The second-order valence-electron chi connectivity index (χ2n) is 9.73. The van der Waals surface area contributed by atoms with Gasteiger partial charge < -0.3 is 14.8 Å². The lowest BCUT2D eigenvalue weighted by Crippen LogP contribution is -2.46. The summed E-state index contributed by atoms with van der Waals surface area (Å²) in [6, 6.07) is 3.25. The molecule has 3 heterocycles. The number of esters is 1. The number of ether oxygens (including phenoxy) is 2. The van der Waals surface area contributed by atoms with Crippen molar-refractivity contribution in [3.8, 4) is 0 Å². The second kappa shape index (κ2) is 13.4. The van der Waals surface area contributed by atoms with Crippen molar-refractivity contribution in [1.82, 2.24) is 19.9 Å². The van der Waals surface area contributed by atoms with Gasteiger partial charge in [-0.05, 0) is 50.3 Å². The van der Waals surface area contributed by atoms with E-state index in [0.29, 0.717) is 72.0 Å². The van der Waals surface area contributed by atoms with Gasteiger partial charge in [-0.1, -0.05) is 17.7 Å². The van der Waals surface area contributed by atoms with Crippen molar-refractivity contribution in [3.05, 3.63) is 62.5 Å². The minimum absolute atomic E-state index is 0.0159. The molecule has 40 heavy (non-hydrogen) atoms. The smallest absolute Gasteiger partial charge is 0.338 e. The SMILES string of the molecule is CCOC(=O)C1=C(CN2CCOC(CCC(=O)NSC3CC3)C2)NC(c2nccs2)=NC1c1ccc(F)cc1Cl. The molecule has 1 saturated heterocycles. The van der Waals surface area contributed by atoms with Gasteiger partial charge in [0.15, 0.2) is 10.8 Å². The number of nitrogens with one attached hydrogen (secondary N) is 2. The fourth-order valence-electron chi connectivity index (χ4n) is 4.57. The predicted octanol–water partition coefficient (Wildman–Crippen LogP) is 4.25. The Kier molecular flexibility index (Phi) is 9.74. The van der Waals surface area contributed by atoms with E-state index in [1.165, 1.54) is 35.4 Å². The summed E-state index contributed by atoms with van der Waals surface area (Å²) in [6.45, 7) is 4.06. The Bertz CT molecular complexity index is 1290. The minimum Gasteiger partial charge on any atom is -0.463 e. The Morgan fingerprint density at radius 2 is 2.23 bits per heavy atom. The van der Waals surface area contributed by atoms with Gasteiger partial charge in [-0.2, -0.15) is 0 Å². The second-order valence-corrected chi connectivity index (χ2v) is 12.1. The molecule has 1 aromatic carbocycles. The van der Waals surface area contributed by atoms with Crippen LogP contribution >= 0.6 is 34.9 Å². The van der Waals surface area contributed by atoms with Gasteiger partial charge in [0.1, 0.15) is 11.9 Å². The lowest BCUT2D eigenvalue weighted by Gasteiger charge is -2.35. The first-order valence-electron chi connectivity index (χ1n) is 13.3. The molecule has 2 aromatic rings. The quantitative estimate of drug-likeness (QED) is 0.289. The van der Waals surface area contributed by atoms with Gasteiger partial charge in [-0.15, -0.1) is 11.3 Å². The number of aromatic nitrogens is 1. The number of rotatable bonds is 11. The van der Waals surface area contributed by atoms with Gasteiger partial charge in [-0.3, -0.25) is 19.4 Å². The third kappa shape index (κ3) is 7.41. The molecule has 5 rings (SSSR count). The number of carbonyl (C=O) groups is 2. The Morgan fingerprint density at radius 3 is 2.95 bits per heavy atom. The number of aliphatic imine (C=N–C) groups is 1. The predicted molar refractivity (Wildman–Crippen MR) is 154 cm³/mol. The van der Waals surface area contributed by atoms with E-state index in [0.717, 1.165) is 12.8 Å². The fraction of sp³-hybridized carbons (Fsp3) is 0.481. The summed E-state index contributed by atoms with van der Waals surface area (Å²) in [7, 11) is 0. The van der Waals surface area contributed by atoms with Gasteiger partial charge >= 0.3 is 5.97 Å². The molecule has 3 aliphatic rings. The van der Waals surface area contributed by atoms with Crippen LogP contribution in [0.15, 0.2) is 46.0 Å². The number of hydrogen-bond acceptors (Lipinski definition) is 10. The summed E-state index contributed by atoms with van der Waals surface area (Å²) in [5.41, 5.74) is 1.42. The first-order chi connectivity index (χ1) is 19.4. The molecule has 2 N–H and O–H groups in total. The molecule has 0 bridgehead atoms. The molecule has 2 aliphatic heterocycles. The molecule has 2 unspecified atom stereocenters. The highest BCUT2D eigenvalue weighted by Crippen LogP contribution is 2.37. The third-order valence-electron chi connectivity index (χ3n) is 6.68. The van der Waals surface area contributed by atoms with Crippen molar-refractivity contribution in [2.24, 2.45) is 4.99 Å². The number of nitrogens with zero attached hydrogens (tertiary/aromatic N) is 3. The molecule has 9 nitrogen and oxygen atoms in total. The van der Waals surface area contributed by atoms with E-state index >= 15 is 0 Å². The van der Waals surface area contributed by atoms with E-state index in [9.17, 15) is 14.0 Å². The number of morpholine rings is 1. The third-order valence-corrected chi connectivity index (χ3v) is 8.93. The Labute approximate surface area is 245 Å². The first-order valence-corrected chi connectivity index (χ1v) is 15.4. The number of amides is 1. The Hall–Kier alpha value is -2.51. The summed E-state index contributed by atoms with van der Waals surface area (Å²) < 4.78 is 28.2. The van der Waals surface area contributed by atoms with Crippen molar-refractivity contribution < 1.29 is 23.5 Å². The largest absolute Gasteiger partial charge is 0.463 e. The van der Waals surface area contributed by atoms with Crippen LogP contribution in [0.3, 0.4) is 0 Å². The molecular weight excluding hydrogens is 577 g/mol. The van der Waals surface area contributed by atoms with Crippen molar-refractivity contribution in [1.29, 1.82) is 0 Å². The normalized spacial score (nSPS) is 21.5. The molecule has 2 fully saturated rings. The fourth-order valence-corrected chi connectivity index (χ4v) is 6.20. The van der Waals surface area contributed by atoms with E-state index in [1.807, 2.05) is 5.38 Å². The van der Waals surface area contributed by atoms with Crippen LogP contribution in [0.2, 0.25) is 5.02 Å². The molecule has 2 atom stereocenters. The standard InChI is InChI=1S/C27H31ClFN5O4S2/c1-2-37-27(36)23-21(15-34-10-11-38-17(14-34)4-8-22(35)33-40-18-5-6-18)31-25(26-30-9-12-39-26)32-24(23)19-7-3-16(29)13-20(19)28/h3,7,9,12-13,17-18,24H,2,4-6,8,10-11,14-15H2,1H3,(H,31,32)(H,33,35). The lowest BCUT2D eigenvalue weighted by atomic mass is 9.95. The van der Waals surface area contributed by atoms with Crippen LogP contribution in [-0.4, -0.2) is 71.8 Å². The summed E-state index contributed by atoms with van der Waals surface area (Å²) in [4.78, 5) is 37.0. The number of amidine groups is 1. The van der Waals surface area contributed by atoms with Gasteiger partial charge in [-0.25, -0.2) is 14.2 Å². The molecule has 0 radical (unpaired) electrons. The van der Waals surface area contributed by atoms with Crippen LogP contribution in [0.4, 0.5) is 4.39 Å².